The fourth-order valence-corrected chi connectivity index (χ4v) is 3.30. The number of anilines is 3. The van der Waals surface area contributed by atoms with Crippen LogP contribution in [0.2, 0.25) is 0 Å². The number of carbonyl (C=O) groups excluding carboxylic acids is 1. The highest BCUT2D eigenvalue weighted by Gasteiger charge is 2.37. The first kappa shape index (κ1) is 16.0. The van der Waals surface area contributed by atoms with E-state index in [9.17, 15) is 4.79 Å². The monoisotopic (exact) mass is 341 g/mol. The maximum atomic E-state index is 12.5. The number of hydrogen-bond donors (Lipinski definition) is 3. The molecule has 0 bridgehead atoms. The number of rotatable bonds is 4. The standard InChI is InChI=1S/C22H19N3O/c23-19-13-7-12-18-21(19)20(26)14-15-22(18,24-16-8-3-1-4-9-16)25-17-10-5-2-6-11-17/h1-15,24-25H,23H2. The summed E-state index contributed by atoms with van der Waals surface area (Å²) in [7, 11) is 0. The predicted octanol–water partition coefficient (Wildman–Crippen LogP) is 4.40. The molecule has 1 aliphatic rings. The van der Waals surface area contributed by atoms with Crippen molar-refractivity contribution in [3.8, 4) is 0 Å². The van der Waals surface area contributed by atoms with Crippen LogP contribution in [-0.2, 0) is 5.66 Å². The van der Waals surface area contributed by atoms with Crippen molar-refractivity contribution in [2.24, 2.45) is 0 Å². The Labute approximate surface area is 152 Å². The van der Waals surface area contributed by atoms with Gasteiger partial charge >= 0.3 is 0 Å². The van der Waals surface area contributed by atoms with Gasteiger partial charge in [-0.05, 0) is 42.5 Å². The lowest BCUT2D eigenvalue weighted by Gasteiger charge is -2.38. The zero-order chi connectivity index (χ0) is 18.0. The van der Waals surface area contributed by atoms with Gasteiger partial charge in [0, 0.05) is 22.6 Å². The second-order valence-electron chi connectivity index (χ2n) is 6.26. The van der Waals surface area contributed by atoms with E-state index in [0.29, 0.717) is 11.3 Å². The lowest BCUT2D eigenvalue weighted by molar-refractivity contribution is 0.104. The van der Waals surface area contributed by atoms with Crippen LogP contribution < -0.4 is 16.4 Å². The average molecular weight is 341 g/mol. The SMILES string of the molecule is Nc1cccc2c1C(=O)C=CC2(Nc1ccccc1)Nc1ccccc1. The van der Waals surface area contributed by atoms with Crippen LogP contribution in [-0.4, -0.2) is 5.78 Å². The zero-order valence-corrected chi connectivity index (χ0v) is 14.1. The molecule has 0 radical (unpaired) electrons. The molecular weight excluding hydrogens is 322 g/mol. The Hall–Kier alpha value is -3.53. The van der Waals surface area contributed by atoms with Gasteiger partial charge in [-0.15, -0.1) is 0 Å². The minimum Gasteiger partial charge on any atom is -0.398 e. The molecule has 0 aromatic heterocycles. The van der Waals surface area contributed by atoms with Crippen molar-refractivity contribution < 1.29 is 4.79 Å². The normalized spacial score (nSPS) is 14.5. The van der Waals surface area contributed by atoms with Crippen molar-refractivity contribution in [3.05, 3.63) is 102 Å². The molecule has 0 saturated carbocycles. The summed E-state index contributed by atoms with van der Waals surface area (Å²) in [5.41, 5.74) is 9.02. The van der Waals surface area contributed by atoms with Crippen LogP contribution in [0.25, 0.3) is 0 Å². The molecule has 4 nitrogen and oxygen atoms in total. The van der Waals surface area contributed by atoms with Crippen molar-refractivity contribution >= 4 is 22.8 Å². The van der Waals surface area contributed by atoms with Crippen molar-refractivity contribution in [2.75, 3.05) is 16.4 Å². The lowest BCUT2D eigenvalue weighted by atomic mass is 9.85. The summed E-state index contributed by atoms with van der Waals surface area (Å²) in [5, 5.41) is 7.08. The van der Waals surface area contributed by atoms with Crippen molar-refractivity contribution in [1.29, 1.82) is 0 Å². The minimum atomic E-state index is -0.790. The van der Waals surface area contributed by atoms with E-state index in [2.05, 4.69) is 10.6 Å². The summed E-state index contributed by atoms with van der Waals surface area (Å²) in [6, 6.07) is 25.3. The Balaban J connectivity index is 1.88. The van der Waals surface area contributed by atoms with Crippen molar-refractivity contribution in [2.45, 2.75) is 5.66 Å². The Morgan fingerprint density at radius 2 is 1.31 bits per heavy atom. The lowest BCUT2D eigenvalue weighted by Crippen LogP contribution is -2.44. The van der Waals surface area contributed by atoms with E-state index >= 15 is 0 Å². The van der Waals surface area contributed by atoms with Gasteiger partial charge in [0.1, 0.15) is 0 Å². The second kappa shape index (κ2) is 6.41. The Bertz CT molecular complexity index is 924. The number of ketones is 1. The van der Waals surface area contributed by atoms with Crippen LogP contribution in [0.15, 0.2) is 91.0 Å². The first-order valence-corrected chi connectivity index (χ1v) is 8.47. The van der Waals surface area contributed by atoms with Gasteiger partial charge in [0.25, 0.3) is 0 Å². The molecular formula is C22H19N3O. The predicted molar refractivity (Wildman–Crippen MR) is 106 cm³/mol. The topological polar surface area (TPSA) is 67.2 Å². The Morgan fingerprint density at radius 1 is 0.731 bits per heavy atom. The maximum absolute atomic E-state index is 12.5. The summed E-state index contributed by atoms with van der Waals surface area (Å²) in [6.45, 7) is 0. The van der Waals surface area contributed by atoms with Gasteiger partial charge in [0.15, 0.2) is 11.4 Å². The molecule has 0 unspecified atom stereocenters. The molecule has 4 heteroatoms. The van der Waals surface area contributed by atoms with Crippen LogP contribution in [0.3, 0.4) is 0 Å². The van der Waals surface area contributed by atoms with Gasteiger partial charge in [0.2, 0.25) is 0 Å². The zero-order valence-electron chi connectivity index (χ0n) is 14.1. The molecule has 0 atom stereocenters. The summed E-state index contributed by atoms with van der Waals surface area (Å²) in [6.07, 6.45) is 3.43. The molecule has 0 amide bonds. The number of nitrogens with one attached hydrogen (secondary N) is 2. The van der Waals surface area contributed by atoms with Crippen LogP contribution in [0.5, 0.6) is 0 Å². The number of fused-ring (bicyclic) bond motifs is 1. The third-order valence-corrected chi connectivity index (χ3v) is 4.48. The van der Waals surface area contributed by atoms with E-state index in [1.165, 1.54) is 0 Å². The first-order chi connectivity index (χ1) is 12.7. The number of para-hydroxylation sites is 2. The quantitative estimate of drug-likeness (QED) is 0.486. The highest BCUT2D eigenvalue weighted by molar-refractivity contribution is 6.11. The van der Waals surface area contributed by atoms with Crippen LogP contribution in [0, 0.1) is 0 Å². The third kappa shape index (κ3) is 2.82. The van der Waals surface area contributed by atoms with Crippen LogP contribution >= 0.6 is 0 Å². The van der Waals surface area contributed by atoms with E-state index < -0.39 is 5.66 Å². The molecule has 0 fully saturated rings. The highest BCUT2D eigenvalue weighted by atomic mass is 16.1. The molecule has 26 heavy (non-hydrogen) atoms. The van der Waals surface area contributed by atoms with Gasteiger partial charge < -0.3 is 16.4 Å². The smallest absolute Gasteiger partial charge is 0.188 e. The van der Waals surface area contributed by atoms with Gasteiger partial charge in [-0.3, -0.25) is 4.79 Å². The molecule has 1 aliphatic carbocycles. The first-order valence-electron chi connectivity index (χ1n) is 8.47. The van der Waals surface area contributed by atoms with Crippen molar-refractivity contribution in [3.63, 3.8) is 0 Å². The largest absolute Gasteiger partial charge is 0.398 e. The average Bonchev–Trinajstić information content (AvgIpc) is 2.67. The highest BCUT2D eigenvalue weighted by Crippen LogP contribution is 2.37. The molecule has 3 aromatic carbocycles. The number of nitrogens with two attached hydrogens (primary N) is 1. The molecule has 0 heterocycles. The fourth-order valence-electron chi connectivity index (χ4n) is 3.30. The number of benzene rings is 3. The number of hydrogen-bond acceptors (Lipinski definition) is 4. The van der Waals surface area contributed by atoms with Crippen molar-refractivity contribution in [1.82, 2.24) is 0 Å². The Morgan fingerprint density at radius 3 is 1.88 bits per heavy atom. The maximum Gasteiger partial charge on any atom is 0.188 e. The van der Waals surface area contributed by atoms with E-state index in [4.69, 9.17) is 5.73 Å². The molecule has 4 N–H and O–H groups in total. The molecule has 0 aliphatic heterocycles. The molecule has 3 aromatic rings. The number of nitrogen functional groups attached to an aromatic ring is 1. The van der Waals surface area contributed by atoms with Gasteiger partial charge in [0.05, 0.1) is 5.56 Å². The van der Waals surface area contributed by atoms with E-state index in [1.54, 1.807) is 12.1 Å². The summed E-state index contributed by atoms with van der Waals surface area (Å²) < 4.78 is 0. The van der Waals surface area contributed by atoms with E-state index in [-0.39, 0.29) is 5.78 Å². The van der Waals surface area contributed by atoms with Gasteiger partial charge in [-0.25, -0.2) is 0 Å². The summed E-state index contributed by atoms with van der Waals surface area (Å²) >= 11 is 0. The third-order valence-electron chi connectivity index (χ3n) is 4.48. The second-order valence-corrected chi connectivity index (χ2v) is 6.26. The van der Waals surface area contributed by atoms with E-state index in [1.807, 2.05) is 78.9 Å². The summed E-state index contributed by atoms with van der Waals surface area (Å²) in [5.74, 6) is -0.0848. The summed E-state index contributed by atoms with van der Waals surface area (Å²) in [4.78, 5) is 12.5. The molecule has 128 valence electrons. The van der Waals surface area contributed by atoms with Crippen LogP contribution in [0.4, 0.5) is 17.1 Å². The van der Waals surface area contributed by atoms with Crippen LogP contribution in [0.1, 0.15) is 15.9 Å². The fraction of sp³-hybridized carbons (Fsp3) is 0.0455. The van der Waals surface area contributed by atoms with E-state index in [0.717, 1.165) is 16.9 Å². The number of allylic oxidation sites excluding steroid dienone is 1. The molecule has 0 saturated heterocycles. The molecule has 0 spiro atoms. The van der Waals surface area contributed by atoms with Gasteiger partial charge in [-0.2, -0.15) is 0 Å². The minimum absolute atomic E-state index is 0.0848. The number of carbonyl (C=O) groups is 1. The van der Waals surface area contributed by atoms with Gasteiger partial charge in [-0.1, -0.05) is 48.5 Å². The Kier molecular flexibility index (Phi) is 3.93. The molecule has 4 rings (SSSR count).